The minimum atomic E-state index is -1.62. The lowest BCUT2D eigenvalue weighted by atomic mass is 9.94. The lowest BCUT2D eigenvalue weighted by Crippen LogP contribution is -2.43. The maximum atomic E-state index is 11.2. The first kappa shape index (κ1) is 19.4. The number of esters is 1. The number of methoxy groups -OCH3 is 1. The molecule has 3 nitrogen and oxygen atoms in total. The number of hydrogen-bond acceptors (Lipinski definition) is 3. The molecule has 0 aliphatic rings. The van der Waals surface area contributed by atoms with E-state index in [1.54, 1.807) is 0 Å². The quantitative estimate of drug-likeness (QED) is 0.360. The van der Waals surface area contributed by atoms with E-state index in [9.17, 15) is 4.79 Å². The van der Waals surface area contributed by atoms with Crippen LogP contribution in [-0.2, 0) is 14.0 Å². The SMILES string of the molecule is CC[Si](CC)(CC)O[C@H](C(C)C)[C@@H](C)/C=C/C(=O)OC. The van der Waals surface area contributed by atoms with Crippen LogP contribution in [-0.4, -0.2) is 27.5 Å². The third kappa shape index (κ3) is 5.79. The number of ether oxygens (including phenoxy) is 1. The van der Waals surface area contributed by atoms with Crippen LogP contribution in [0.1, 0.15) is 41.5 Å². The van der Waals surface area contributed by atoms with E-state index >= 15 is 0 Å². The third-order valence-corrected chi connectivity index (χ3v) is 8.87. The molecule has 2 atom stereocenters. The highest BCUT2D eigenvalue weighted by molar-refractivity contribution is 6.73. The molecule has 0 radical (unpaired) electrons. The van der Waals surface area contributed by atoms with Crippen LogP contribution in [0.15, 0.2) is 12.2 Å². The first-order valence-corrected chi connectivity index (χ1v) is 10.3. The van der Waals surface area contributed by atoms with E-state index in [0.29, 0.717) is 5.92 Å². The Morgan fingerprint density at radius 3 is 1.95 bits per heavy atom. The molecule has 0 unspecified atom stereocenters. The lowest BCUT2D eigenvalue weighted by Gasteiger charge is -2.37. The molecule has 0 saturated heterocycles. The van der Waals surface area contributed by atoms with E-state index in [4.69, 9.17) is 4.43 Å². The minimum absolute atomic E-state index is 0.169. The van der Waals surface area contributed by atoms with Crippen LogP contribution in [0.25, 0.3) is 0 Å². The number of carbonyl (C=O) groups is 1. The smallest absolute Gasteiger partial charge is 0.330 e. The Kier molecular flexibility index (Phi) is 9.06. The van der Waals surface area contributed by atoms with Crippen molar-refractivity contribution in [3.05, 3.63) is 12.2 Å². The largest absolute Gasteiger partial charge is 0.466 e. The van der Waals surface area contributed by atoms with Gasteiger partial charge in [-0.05, 0) is 30.0 Å². The first-order valence-electron chi connectivity index (χ1n) is 7.79. The Morgan fingerprint density at radius 1 is 1.10 bits per heavy atom. The van der Waals surface area contributed by atoms with Crippen molar-refractivity contribution in [1.29, 1.82) is 0 Å². The van der Waals surface area contributed by atoms with E-state index in [1.807, 2.05) is 6.08 Å². The molecule has 0 aromatic rings. The van der Waals surface area contributed by atoms with Crippen LogP contribution in [0.3, 0.4) is 0 Å². The average molecular weight is 301 g/mol. The molecule has 4 heteroatoms. The monoisotopic (exact) mass is 300 g/mol. The van der Waals surface area contributed by atoms with Crippen molar-refractivity contribution < 1.29 is 14.0 Å². The van der Waals surface area contributed by atoms with E-state index < -0.39 is 8.32 Å². The fraction of sp³-hybridized carbons (Fsp3) is 0.812. The molecule has 0 amide bonds. The number of hydrogen-bond donors (Lipinski definition) is 0. The second-order valence-corrected chi connectivity index (χ2v) is 10.5. The zero-order chi connectivity index (χ0) is 15.8. The standard InChI is InChI=1S/C16H32O3Si/c1-8-20(9-2,10-3)19-16(13(4)5)14(6)11-12-15(17)18-7/h11-14,16H,8-10H2,1-7H3/b12-11+/t14-,16+/m0/s1. The van der Waals surface area contributed by atoms with Crippen molar-refractivity contribution in [2.45, 2.75) is 65.8 Å². The summed E-state index contributed by atoms with van der Waals surface area (Å²) < 4.78 is 11.3. The zero-order valence-electron chi connectivity index (χ0n) is 14.2. The summed E-state index contributed by atoms with van der Waals surface area (Å²) in [4.78, 5) is 11.2. The van der Waals surface area contributed by atoms with E-state index in [1.165, 1.54) is 13.2 Å². The molecule has 0 saturated carbocycles. The molecule has 0 bridgehead atoms. The highest BCUT2D eigenvalue weighted by Gasteiger charge is 2.34. The van der Waals surface area contributed by atoms with Crippen molar-refractivity contribution in [3.63, 3.8) is 0 Å². The topological polar surface area (TPSA) is 35.5 Å². The molecule has 0 rings (SSSR count). The van der Waals surface area contributed by atoms with Crippen molar-refractivity contribution in [2.75, 3.05) is 7.11 Å². The van der Waals surface area contributed by atoms with Gasteiger partial charge in [-0.3, -0.25) is 0 Å². The highest BCUT2D eigenvalue weighted by atomic mass is 28.4. The van der Waals surface area contributed by atoms with Crippen molar-refractivity contribution in [1.82, 2.24) is 0 Å². The molecule has 0 aromatic carbocycles. The predicted molar refractivity (Wildman–Crippen MR) is 87.2 cm³/mol. The van der Waals surface area contributed by atoms with Gasteiger partial charge in [0.1, 0.15) is 0 Å². The van der Waals surface area contributed by atoms with Gasteiger partial charge in [-0.1, -0.05) is 47.6 Å². The van der Waals surface area contributed by atoms with Crippen molar-refractivity contribution >= 4 is 14.3 Å². The van der Waals surface area contributed by atoms with Crippen LogP contribution < -0.4 is 0 Å². The maximum absolute atomic E-state index is 11.2. The van der Waals surface area contributed by atoms with Gasteiger partial charge in [-0.25, -0.2) is 4.79 Å². The summed E-state index contributed by atoms with van der Waals surface area (Å²) in [6, 6.07) is 3.45. The van der Waals surface area contributed by atoms with E-state index in [-0.39, 0.29) is 18.0 Å². The second-order valence-electron chi connectivity index (χ2n) is 5.81. The van der Waals surface area contributed by atoms with E-state index in [2.05, 4.69) is 46.3 Å². The lowest BCUT2D eigenvalue weighted by molar-refractivity contribution is -0.134. The van der Waals surface area contributed by atoms with Gasteiger partial charge in [0.05, 0.1) is 13.2 Å². The van der Waals surface area contributed by atoms with E-state index in [0.717, 1.165) is 18.1 Å². The first-order chi connectivity index (χ1) is 9.35. The molecule has 0 aliphatic heterocycles. The summed E-state index contributed by atoms with van der Waals surface area (Å²) in [7, 11) is -0.221. The fourth-order valence-corrected chi connectivity index (χ4v) is 5.61. The van der Waals surface area contributed by atoms with Crippen LogP contribution in [0.4, 0.5) is 0 Å². The van der Waals surface area contributed by atoms with Gasteiger partial charge in [-0.2, -0.15) is 0 Å². The Morgan fingerprint density at radius 2 is 1.60 bits per heavy atom. The Hall–Kier alpha value is -0.613. The molecule has 0 aromatic heterocycles. The molecule has 0 N–H and O–H groups in total. The van der Waals surface area contributed by atoms with Gasteiger partial charge < -0.3 is 9.16 Å². The zero-order valence-corrected chi connectivity index (χ0v) is 15.2. The second kappa shape index (κ2) is 9.35. The highest BCUT2D eigenvalue weighted by Crippen LogP contribution is 2.29. The number of carbonyl (C=O) groups excluding carboxylic acids is 1. The molecule has 118 valence electrons. The molecule has 0 heterocycles. The summed E-state index contributed by atoms with van der Waals surface area (Å²) in [5, 5.41) is 0. The maximum Gasteiger partial charge on any atom is 0.330 e. The van der Waals surface area contributed by atoms with Crippen LogP contribution >= 0.6 is 0 Å². The van der Waals surface area contributed by atoms with Gasteiger partial charge in [-0.15, -0.1) is 0 Å². The van der Waals surface area contributed by atoms with Gasteiger partial charge in [0.25, 0.3) is 0 Å². The molecular formula is C16H32O3Si. The average Bonchev–Trinajstić information content (AvgIpc) is 2.46. The van der Waals surface area contributed by atoms with Crippen LogP contribution in [0.5, 0.6) is 0 Å². The molecular weight excluding hydrogens is 268 g/mol. The third-order valence-electron chi connectivity index (χ3n) is 4.23. The Balaban J connectivity index is 4.96. The van der Waals surface area contributed by atoms with Gasteiger partial charge in [0.2, 0.25) is 0 Å². The summed E-state index contributed by atoms with van der Waals surface area (Å²) >= 11 is 0. The molecule has 0 fully saturated rings. The predicted octanol–water partition coefficient (Wildman–Crippen LogP) is 4.40. The van der Waals surface area contributed by atoms with Crippen LogP contribution in [0.2, 0.25) is 18.1 Å². The minimum Gasteiger partial charge on any atom is -0.466 e. The van der Waals surface area contributed by atoms with Crippen LogP contribution in [0, 0.1) is 11.8 Å². The van der Waals surface area contributed by atoms with Crippen molar-refractivity contribution in [3.8, 4) is 0 Å². The van der Waals surface area contributed by atoms with Gasteiger partial charge in [0, 0.05) is 6.08 Å². The summed E-state index contributed by atoms with van der Waals surface area (Å²) in [6.07, 6.45) is 3.59. The summed E-state index contributed by atoms with van der Waals surface area (Å²) in [5.41, 5.74) is 0. The fourth-order valence-electron chi connectivity index (χ4n) is 2.55. The summed E-state index contributed by atoms with van der Waals surface area (Å²) in [6.45, 7) is 13.2. The summed E-state index contributed by atoms with van der Waals surface area (Å²) in [5.74, 6) is 0.346. The molecule has 0 aliphatic carbocycles. The van der Waals surface area contributed by atoms with Crippen molar-refractivity contribution in [2.24, 2.45) is 11.8 Å². The molecule has 0 spiro atoms. The van der Waals surface area contributed by atoms with Gasteiger partial charge >= 0.3 is 5.97 Å². The Labute approximate surface area is 125 Å². The molecule has 20 heavy (non-hydrogen) atoms. The van der Waals surface area contributed by atoms with Gasteiger partial charge in [0.15, 0.2) is 8.32 Å². The number of rotatable bonds is 9. The normalized spacial score (nSPS) is 15.6. The Bertz CT molecular complexity index is 301.